The summed E-state index contributed by atoms with van der Waals surface area (Å²) in [4.78, 5) is 3.67. The fourth-order valence-corrected chi connectivity index (χ4v) is 0.620. The van der Waals surface area contributed by atoms with Gasteiger partial charge in [0.2, 0.25) is 0 Å². The first-order valence-electron chi connectivity index (χ1n) is 2.57. The summed E-state index contributed by atoms with van der Waals surface area (Å²) in [6, 6.07) is 0. The van der Waals surface area contributed by atoms with Crippen LogP contribution in [0.4, 0.5) is 8.78 Å². The van der Waals surface area contributed by atoms with E-state index in [1.54, 1.807) is 0 Å². The Morgan fingerprint density at radius 3 is 2.50 bits per heavy atom. The van der Waals surface area contributed by atoms with Gasteiger partial charge in [0.15, 0.2) is 0 Å². The van der Waals surface area contributed by atoms with E-state index in [0.29, 0.717) is 0 Å². The van der Waals surface area contributed by atoms with E-state index in [9.17, 15) is 8.78 Å². The van der Waals surface area contributed by atoms with Crippen LogP contribution in [0.3, 0.4) is 0 Å². The van der Waals surface area contributed by atoms with Crippen LogP contribution in [0.2, 0.25) is 0 Å². The highest BCUT2D eigenvalue weighted by atomic mass is 19.3. The van der Waals surface area contributed by atoms with E-state index in [1.165, 1.54) is 6.21 Å². The van der Waals surface area contributed by atoms with Crippen LogP contribution >= 0.6 is 0 Å². The third-order valence-corrected chi connectivity index (χ3v) is 1.13. The van der Waals surface area contributed by atoms with Gasteiger partial charge < -0.3 is 0 Å². The minimum absolute atomic E-state index is 0.0799. The van der Waals surface area contributed by atoms with E-state index in [1.807, 2.05) is 0 Å². The van der Waals surface area contributed by atoms with Gasteiger partial charge in [-0.1, -0.05) is 0 Å². The summed E-state index contributed by atoms with van der Waals surface area (Å²) in [7, 11) is 0. The average Bonchev–Trinajstić information content (AvgIpc) is 1.65. The molecule has 0 saturated heterocycles. The summed E-state index contributed by atoms with van der Waals surface area (Å²) in [5, 5.41) is 0. The van der Waals surface area contributed by atoms with E-state index in [2.05, 4.69) is 4.99 Å². The van der Waals surface area contributed by atoms with Gasteiger partial charge in [-0.15, -0.1) is 0 Å². The number of hydrogen-bond acceptors (Lipinski definition) is 1. The summed E-state index contributed by atoms with van der Waals surface area (Å²) in [5.74, 6) is -2.47. The van der Waals surface area contributed by atoms with Gasteiger partial charge >= 0.3 is 0 Å². The van der Waals surface area contributed by atoms with Crippen LogP contribution in [0.5, 0.6) is 0 Å². The van der Waals surface area contributed by atoms with Gasteiger partial charge in [-0.25, -0.2) is 8.78 Å². The molecule has 0 aromatic carbocycles. The van der Waals surface area contributed by atoms with E-state index in [0.717, 1.165) is 0 Å². The maximum absolute atomic E-state index is 12.1. The lowest BCUT2D eigenvalue weighted by molar-refractivity contribution is 0.000418. The van der Waals surface area contributed by atoms with Gasteiger partial charge in [0.05, 0.1) is 0 Å². The zero-order valence-electron chi connectivity index (χ0n) is 4.40. The topological polar surface area (TPSA) is 12.4 Å². The molecular formula is C5H7F2N. The van der Waals surface area contributed by atoms with Crippen molar-refractivity contribution in [1.29, 1.82) is 0 Å². The van der Waals surface area contributed by atoms with Gasteiger partial charge in [-0.3, -0.25) is 4.99 Å². The van der Waals surface area contributed by atoms with E-state index < -0.39 is 5.92 Å². The first kappa shape index (κ1) is 5.66. The molecule has 0 radical (unpaired) electrons. The van der Waals surface area contributed by atoms with Crippen molar-refractivity contribution in [1.82, 2.24) is 0 Å². The summed E-state index contributed by atoms with van der Waals surface area (Å²) >= 11 is 0. The molecule has 0 aromatic heterocycles. The van der Waals surface area contributed by atoms with Crippen molar-refractivity contribution in [3.63, 3.8) is 0 Å². The molecule has 0 unspecified atom stereocenters. The third kappa shape index (κ3) is 1.25. The molecule has 1 heterocycles. The van der Waals surface area contributed by atoms with Crippen LogP contribution in [0, 0.1) is 0 Å². The SMILES string of the molecule is FC1(F)CC=NCC1. The molecule has 0 aliphatic carbocycles. The lowest BCUT2D eigenvalue weighted by atomic mass is 10.1. The smallest absolute Gasteiger partial charge is 0.254 e. The molecule has 0 fully saturated rings. The monoisotopic (exact) mass is 119 g/mol. The predicted octanol–water partition coefficient (Wildman–Crippen LogP) is 1.49. The second-order valence-electron chi connectivity index (χ2n) is 1.90. The first-order chi connectivity index (χ1) is 3.71. The van der Waals surface area contributed by atoms with Gasteiger partial charge in [0, 0.05) is 25.6 Å². The minimum Gasteiger partial charge on any atom is -0.297 e. The third-order valence-electron chi connectivity index (χ3n) is 1.13. The number of rotatable bonds is 0. The minimum atomic E-state index is -2.47. The Labute approximate surface area is 46.4 Å². The van der Waals surface area contributed by atoms with Crippen LogP contribution in [0.15, 0.2) is 4.99 Å². The predicted molar refractivity (Wildman–Crippen MR) is 27.5 cm³/mol. The molecule has 0 bridgehead atoms. The molecule has 0 saturated carbocycles. The maximum Gasteiger partial charge on any atom is 0.254 e. The molecule has 1 aliphatic heterocycles. The Balaban J connectivity index is 2.50. The number of hydrogen-bond donors (Lipinski definition) is 0. The molecule has 3 heteroatoms. The van der Waals surface area contributed by atoms with Gasteiger partial charge in [0.25, 0.3) is 5.92 Å². The largest absolute Gasteiger partial charge is 0.297 e. The van der Waals surface area contributed by atoms with Gasteiger partial charge in [-0.05, 0) is 0 Å². The second-order valence-corrected chi connectivity index (χ2v) is 1.90. The summed E-state index contributed by atoms with van der Waals surface area (Å²) in [6.45, 7) is 0.285. The maximum atomic E-state index is 12.1. The molecule has 0 aromatic rings. The summed E-state index contributed by atoms with van der Waals surface area (Å²) < 4.78 is 24.2. The number of nitrogens with zero attached hydrogens (tertiary/aromatic N) is 1. The highest BCUT2D eigenvalue weighted by molar-refractivity contribution is 5.59. The highest BCUT2D eigenvalue weighted by Crippen LogP contribution is 2.23. The Kier molecular flexibility index (Phi) is 1.27. The summed E-state index contributed by atoms with van der Waals surface area (Å²) in [5.41, 5.74) is 0. The molecule has 0 N–H and O–H groups in total. The molecule has 1 rings (SSSR count). The number of halogens is 2. The average molecular weight is 119 g/mol. The molecule has 0 spiro atoms. The standard InChI is InChI=1S/C5H7F2N/c6-5(7)1-3-8-4-2-5/h3H,1-2,4H2. The fraction of sp³-hybridized carbons (Fsp3) is 0.800. The Morgan fingerprint density at radius 1 is 1.50 bits per heavy atom. The second kappa shape index (κ2) is 1.80. The molecule has 0 amide bonds. The van der Waals surface area contributed by atoms with Gasteiger partial charge in [0.1, 0.15) is 0 Å². The Bertz CT molecular complexity index is 109. The quantitative estimate of drug-likeness (QED) is 0.458. The van der Waals surface area contributed by atoms with Gasteiger partial charge in [-0.2, -0.15) is 0 Å². The van der Waals surface area contributed by atoms with Crippen LogP contribution in [-0.2, 0) is 0 Å². The lowest BCUT2D eigenvalue weighted by Gasteiger charge is -2.15. The van der Waals surface area contributed by atoms with Crippen molar-refractivity contribution in [2.24, 2.45) is 4.99 Å². The molecule has 1 nitrogen and oxygen atoms in total. The van der Waals surface area contributed by atoms with Crippen LogP contribution < -0.4 is 0 Å². The highest BCUT2D eigenvalue weighted by Gasteiger charge is 2.28. The Hall–Kier alpha value is -0.470. The van der Waals surface area contributed by atoms with E-state index in [-0.39, 0.29) is 19.4 Å². The zero-order chi connectivity index (χ0) is 6.04. The first-order valence-corrected chi connectivity index (χ1v) is 2.57. The van der Waals surface area contributed by atoms with Crippen LogP contribution in [-0.4, -0.2) is 18.7 Å². The Morgan fingerprint density at radius 2 is 2.25 bits per heavy atom. The normalized spacial score (nSPS) is 25.8. The molecule has 46 valence electrons. The van der Waals surface area contributed by atoms with Crippen LogP contribution in [0.1, 0.15) is 12.8 Å². The van der Waals surface area contributed by atoms with Crippen molar-refractivity contribution < 1.29 is 8.78 Å². The zero-order valence-corrected chi connectivity index (χ0v) is 4.40. The molecule has 8 heavy (non-hydrogen) atoms. The van der Waals surface area contributed by atoms with Crippen molar-refractivity contribution >= 4 is 6.21 Å². The van der Waals surface area contributed by atoms with Crippen molar-refractivity contribution in [2.45, 2.75) is 18.8 Å². The molecule has 1 aliphatic rings. The van der Waals surface area contributed by atoms with Crippen molar-refractivity contribution in [3.8, 4) is 0 Å². The number of alkyl halides is 2. The van der Waals surface area contributed by atoms with E-state index in [4.69, 9.17) is 0 Å². The van der Waals surface area contributed by atoms with Crippen molar-refractivity contribution in [3.05, 3.63) is 0 Å². The fourth-order valence-electron chi connectivity index (χ4n) is 0.620. The molecular weight excluding hydrogens is 112 g/mol. The van der Waals surface area contributed by atoms with Crippen LogP contribution in [0.25, 0.3) is 0 Å². The van der Waals surface area contributed by atoms with Crippen molar-refractivity contribution in [2.75, 3.05) is 6.54 Å². The van der Waals surface area contributed by atoms with E-state index >= 15 is 0 Å². The lowest BCUT2D eigenvalue weighted by Crippen LogP contribution is -2.21. The summed E-state index contributed by atoms with van der Waals surface area (Å²) in [6.07, 6.45) is 1.04. The number of aliphatic imine (C=N–C) groups is 1. The molecule has 0 atom stereocenters.